The van der Waals surface area contributed by atoms with Crippen molar-refractivity contribution in [1.82, 2.24) is 0 Å². The van der Waals surface area contributed by atoms with Crippen molar-refractivity contribution >= 4 is 27.7 Å². The number of halogens is 1. The molecule has 2 aromatic rings. The molecule has 2 aromatic carbocycles. The average Bonchev–Trinajstić information content (AvgIpc) is 2.38. The van der Waals surface area contributed by atoms with Crippen molar-refractivity contribution in [3.8, 4) is 0 Å². The van der Waals surface area contributed by atoms with Crippen LogP contribution in [-0.2, 0) is 0 Å². The van der Waals surface area contributed by atoms with E-state index in [4.69, 9.17) is 5.73 Å². The highest BCUT2D eigenvalue weighted by molar-refractivity contribution is 9.10. The lowest BCUT2D eigenvalue weighted by Crippen LogP contribution is -2.22. The Morgan fingerprint density at radius 1 is 1.00 bits per heavy atom. The number of benzene rings is 2. The second-order valence-corrected chi connectivity index (χ2v) is 6.39. The molecule has 1 nitrogen and oxygen atoms in total. The third kappa shape index (κ3) is 3.61. The minimum Gasteiger partial charge on any atom is -0.327 e. The molecule has 0 aliphatic rings. The summed E-state index contributed by atoms with van der Waals surface area (Å²) in [5, 5.41) is 0.285. The van der Waals surface area contributed by atoms with Crippen LogP contribution in [0, 0.1) is 0 Å². The van der Waals surface area contributed by atoms with Gasteiger partial charge in [0.1, 0.15) is 0 Å². The van der Waals surface area contributed by atoms with E-state index in [1.54, 1.807) is 0 Å². The fourth-order valence-electron chi connectivity index (χ4n) is 1.78. The molecule has 0 fully saturated rings. The van der Waals surface area contributed by atoms with E-state index in [-0.39, 0.29) is 11.3 Å². The first-order chi connectivity index (χ1) is 8.66. The molecular formula is C15H16BrNS. The van der Waals surface area contributed by atoms with Gasteiger partial charge in [0, 0.05) is 20.7 Å². The van der Waals surface area contributed by atoms with Gasteiger partial charge in [-0.2, -0.15) is 0 Å². The highest BCUT2D eigenvalue weighted by Crippen LogP contribution is 2.37. The standard InChI is InChI=1S/C15H16BrNS/c1-11(17)15(12-5-3-2-4-6-12)18-14-9-7-13(16)8-10-14/h2-11,15H,17H2,1H3. The van der Waals surface area contributed by atoms with Gasteiger partial charge in [-0.25, -0.2) is 0 Å². The Hall–Kier alpha value is -0.770. The molecule has 0 aromatic heterocycles. The minimum atomic E-state index is 0.112. The van der Waals surface area contributed by atoms with E-state index < -0.39 is 0 Å². The van der Waals surface area contributed by atoms with Crippen LogP contribution >= 0.6 is 27.7 Å². The normalized spacial score (nSPS) is 14.2. The summed E-state index contributed by atoms with van der Waals surface area (Å²) in [6.45, 7) is 2.06. The van der Waals surface area contributed by atoms with Gasteiger partial charge >= 0.3 is 0 Å². The summed E-state index contributed by atoms with van der Waals surface area (Å²) in [5.41, 5.74) is 7.39. The lowest BCUT2D eigenvalue weighted by atomic mass is 10.1. The van der Waals surface area contributed by atoms with Gasteiger partial charge in [0.05, 0.1) is 0 Å². The van der Waals surface area contributed by atoms with Gasteiger partial charge in [-0.3, -0.25) is 0 Å². The van der Waals surface area contributed by atoms with Crippen LogP contribution in [0.4, 0.5) is 0 Å². The molecule has 0 radical (unpaired) electrons. The molecule has 3 heteroatoms. The molecule has 0 aliphatic heterocycles. The smallest absolute Gasteiger partial charge is 0.0492 e. The molecule has 18 heavy (non-hydrogen) atoms. The second kappa shape index (κ2) is 6.41. The Kier molecular flexibility index (Phi) is 4.87. The summed E-state index contributed by atoms with van der Waals surface area (Å²) < 4.78 is 1.10. The van der Waals surface area contributed by atoms with E-state index >= 15 is 0 Å². The molecule has 2 atom stereocenters. The van der Waals surface area contributed by atoms with E-state index in [2.05, 4.69) is 71.4 Å². The van der Waals surface area contributed by atoms with Crippen molar-refractivity contribution in [2.75, 3.05) is 0 Å². The Balaban J connectivity index is 2.19. The van der Waals surface area contributed by atoms with E-state index in [9.17, 15) is 0 Å². The van der Waals surface area contributed by atoms with Crippen molar-refractivity contribution in [2.45, 2.75) is 23.1 Å². The SMILES string of the molecule is CC(N)C(Sc1ccc(Br)cc1)c1ccccc1. The summed E-state index contributed by atoms with van der Waals surface area (Å²) >= 11 is 5.26. The van der Waals surface area contributed by atoms with Crippen LogP contribution in [-0.4, -0.2) is 6.04 Å². The molecule has 0 saturated carbocycles. The van der Waals surface area contributed by atoms with Crippen molar-refractivity contribution in [1.29, 1.82) is 0 Å². The monoisotopic (exact) mass is 321 g/mol. The third-order valence-corrected chi connectivity index (χ3v) is 4.71. The van der Waals surface area contributed by atoms with Crippen LogP contribution in [0.25, 0.3) is 0 Å². The Bertz CT molecular complexity index is 482. The molecule has 0 bridgehead atoms. The topological polar surface area (TPSA) is 26.0 Å². The van der Waals surface area contributed by atoms with E-state index in [1.165, 1.54) is 10.5 Å². The Morgan fingerprint density at radius 3 is 2.17 bits per heavy atom. The molecule has 0 aliphatic carbocycles. The van der Waals surface area contributed by atoms with Crippen LogP contribution in [0.15, 0.2) is 64.0 Å². The highest BCUT2D eigenvalue weighted by Gasteiger charge is 2.17. The molecule has 2 rings (SSSR count). The third-order valence-electron chi connectivity index (χ3n) is 2.68. The van der Waals surface area contributed by atoms with Crippen molar-refractivity contribution in [3.05, 3.63) is 64.6 Å². The van der Waals surface area contributed by atoms with E-state index in [0.717, 1.165) is 4.47 Å². The Morgan fingerprint density at radius 2 is 1.61 bits per heavy atom. The summed E-state index contributed by atoms with van der Waals surface area (Å²) in [4.78, 5) is 1.24. The lowest BCUT2D eigenvalue weighted by Gasteiger charge is -2.20. The zero-order chi connectivity index (χ0) is 13.0. The molecule has 0 amide bonds. The van der Waals surface area contributed by atoms with Crippen molar-refractivity contribution in [2.24, 2.45) is 5.73 Å². The van der Waals surface area contributed by atoms with Crippen LogP contribution in [0.5, 0.6) is 0 Å². The van der Waals surface area contributed by atoms with Crippen molar-refractivity contribution in [3.63, 3.8) is 0 Å². The molecule has 2 N–H and O–H groups in total. The van der Waals surface area contributed by atoms with Crippen LogP contribution in [0.1, 0.15) is 17.7 Å². The summed E-state index contributed by atoms with van der Waals surface area (Å²) in [5.74, 6) is 0. The molecule has 0 spiro atoms. The van der Waals surface area contributed by atoms with Gasteiger partial charge in [0.2, 0.25) is 0 Å². The van der Waals surface area contributed by atoms with E-state index in [0.29, 0.717) is 0 Å². The maximum absolute atomic E-state index is 6.12. The van der Waals surface area contributed by atoms with E-state index in [1.807, 2.05) is 17.8 Å². The van der Waals surface area contributed by atoms with Gasteiger partial charge in [-0.1, -0.05) is 46.3 Å². The highest BCUT2D eigenvalue weighted by atomic mass is 79.9. The first-order valence-electron chi connectivity index (χ1n) is 5.89. The van der Waals surface area contributed by atoms with Gasteiger partial charge in [0.25, 0.3) is 0 Å². The molecule has 0 heterocycles. The summed E-state index contributed by atoms with van der Waals surface area (Å²) in [6, 6.07) is 18.9. The Labute approximate surface area is 121 Å². The largest absolute Gasteiger partial charge is 0.327 e. The molecule has 94 valence electrons. The number of hydrogen-bond acceptors (Lipinski definition) is 2. The fraction of sp³-hybridized carbons (Fsp3) is 0.200. The minimum absolute atomic E-state index is 0.112. The molecular weight excluding hydrogens is 306 g/mol. The first-order valence-corrected chi connectivity index (χ1v) is 7.57. The fourth-order valence-corrected chi connectivity index (χ4v) is 3.14. The zero-order valence-electron chi connectivity index (χ0n) is 10.2. The van der Waals surface area contributed by atoms with Crippen LogP contribution < -0.4 is 5.73 Å². The maximum Gasteiger partial charge on any atom is 0.0492 e. The molecule has 0 saturated heterocycles. The van der Waals surface area contributed by atoms with Crippen LogP contribution in [0.2, 0.25) is 0 Å². The van der Waals surface area contributed by atoms with Crippen LogP contribution in [0.3, 0.4) is 0 Å². The predicted octanol–water partition coefficient (Wildman–Crippen LogP) is 4.63. The molecule has 2 unspecified atom stereocenters. The predicted molar refractivity (Wildman–Crippen MR) is 82.8 cm³/mol. The number of nitrogens with two attached hydrogens (primary N) is 1. The van der Waals surface area contributed by atoms with Gasteiger partial charge in [-0.15, -0.1) is 11.8 Å². The summed E-state index contributed by atoms with van der Waals surface area (Å²) in [7, 11) is 0. The first kappa shape index (κ1) is 13.7. The number of rotatable bonds is 4. The van der Waals surface area contributed by atoms with Gasteiger partial charge in [-0.05, 0) is 36.8 Å². The number of hydrogen-bond donors (Lipinski definition) is 1. The van der Waals surface area contributed by atoms with Gasteiger partial charge < -0.3 is 5.73 Å². The average molecular weight is 322 g/mol. The maximum atomic E-state index is 6.12. The zero-order valence-corrected chi connectivity index (χ0v) is 12.6. The number of thioether (sulfide) groups is 1. The quantitative estimate of drug-likeness (QED) is 0.831. The second-order valence-electron chi connectivity index (χ2n) is 4.26. The lowest BCUT2D eigenvalue weighted by molar-refractivity contribution is 0.721. The van der Waals surface area contributed by atoms with Crippen molar-refractivity contribution < 1.29 is 0 Å². The van der Waals surface area contributed by atoms with Gasteiger partial charge in [0.15, 0.2) is 0 Å². The summed E-state index contributed by atoms with van der Waals surface area (Å²) in [6.07, 6.45) is 0.